The summed E-state index contributed by atoms with van der Waals surface area (Å²) in [6.45, 7) is 3.33. The van der Waals surface area contributed by atoms with Crippen molar-refractivity contribution in [3.8, 4) is 0 Å². The van der Waals surface area contributed by atoms with Crippen molar-refractivity contribution in [3.63, 3.8) is 0 Å². The average molecular weight is 567 g/mol. The fourth-order valence-electron chi connectivity index (χ4n) is 4.88. The normalized spacial score (nSPS) is 22.3. The van der Waals surface area contributed by atoms with Gasteiger partial charge in [-0.2, -0.15) is 18.3 Å². The fraction of sp³-hybridized carbons (Fsp3) is 0.346. The number of aromatic nitrogens is 2. The minimum atomic E-state index is -4.56. The van der Waals surface area contributed by atoms with Crippen molar-refractivity contribution >= 4 is 51.5 Å². The monoisotopic (exact) mass is 566 g/mol. The third-order valence-electron chi connectivity index (χ3n) is 6.85. The van der Waals surface area contributed by atoms with Gasteiger partial charge in [-0.25, -0.2) is 4.39 Å². The number of rotatable bonds is 5. The molecule has 2 aliphatic heterocycles. The molecule has 2 fully saturated rings. The van der Waals surface area contributed by atoms with Crippen LogP contribution in [0.3, 0.4) is 0 Å². The number of fused-ring (bicyclic) bond motifs is 1. The molecule has 2 atom stereocenters. The number of carbonyl (C=O) groups excluding carboxylic acids is 2. The zero-order valence-electron chi connectivity index (χ0n) is 20.2. The number of imide groups is 1. The smallest absolute Gasteiger partial charge is 0.301 e. The summed E-state index contributed by atoms with van der Waals surface area (Å²) in [5.74, 6) is -0.518. The second-order valence-electron chi connectivity index (χ2n) is 9.24. The number of alkyl halides is 4. The quantitative estimate of drug-likeness (QED) is 0.271. The van der Waals surface area contributed by atoms with Crippen LogP contribution in [-0.4, -0.2) is 62.6 Å². The zero-order chi connectivity index (χ0) is 27.2. The molecule has 3 aromatic rings. The molecular weight excluding hydrogens is 544 g/mol. The van der Waals surface area contributed by atoms with E-state index in [0.717, 1.165) is 22.7 Å². The Bertz CT molecular complexity index is 1440. The molecule has 1 aromatic heterocycles. The molecule has 2 saturated heterocycles. The number of hydrogen-bond donors (Lipinski definition) is 0. The summed E-state index contributed by atoms with van der Waals surface area (Å²) in [7, 11) is 0. The van der Waals surface area contributed by atoms with E-state index in [4.69, 9.17) is 11.6 Å². The third-order valence-corrected chi connectivity index (χ3v) is 7.97. The van der Waals surface area contributed by atoms with Crippen LogP contribution in [0, 0.1) is 0 Å². The van der Waals surface area contributed by atoms with Crippen LogP contribution < -0.4 is 0 Å². The molecule has 0 N–H and O–H groups in total. The van der Waals surface area contributed by atoms with Crippen molar-refractivity contribution in [2.24, 2.45) is 0 Å². The van der Waals surface area contributed by atoms with Gasteiger partial charge in [-0.1, -0.05) is 30.7 Å². The van der Waals surface area contributed by atoms with Crippen LogP contribution in [0.1, 0.15) is 30.0 Å². The summed E-state index contributed by atoms with van der Waals surface area (Å²) in [4.78, 5) is 28.9. The summed E-state index contributed by atoms with van der Waals surface area (Å²) >= 11 is 6.56. The minimum absolute atomic E-state index is 0.00564. The third kappa shape index (κ3) is 5.19. The highest BCUT2D eigenvalue weighted by atomic mass is 35.5. The molecule has 3 heterocycles. The zero-order valence-corrected chi connectivity index (χ0v) is 21.8. The first kappa shape index (κ1) is 26.7. The van der Waals surface area contributed by atoms with Crippen molar-refractivity contribution in [1.29, 1.82) is 0 Å². The second kappa shape index (κ2) is 10.3. The van der Waals surface area contributed by atoms with Gasteiger partial charge in [0.2, 0.25) is 0 Å². The Morgan fingerprint density at radius 3 is 2.68 bits per heavy atom. The molecule has 12 heteroatoms. The summed E-state index contributed by atoms with van der Waals surface area (Å²) in [6.07, 6.45) is -2.39. The van der Waals surface area contributed by atoms with E-state index < -0.39 is 35.1 Å². The van der Waals surface area contributed by atoms with Crippen LogP contribution in [-0.2, 0) is 17.5 Å². The van der Waals surface area contributed by atoms with E-state index in [0.29, 0.717) is 36.0 Å². The second-order valence-corrected chi connectivity index (χ2v) is 10.7. The van der Waals surface area contributed by atoms with E-state index in [9.17, 15) is 27.2 Å². The van der Waals surface area contributed by atoms with E-state index in [2.05, 4.69) is 5.10 Å². The lowest BCUT2D eigenvalue weighted by Crippen LogP contribution is -2.53. The average Bonchev–Trinajstić information content (AvgIpc) is 3.38. The Morgan fingerprint density at radius 1 is 1.18 bits per heavy atom. The highest BCUT2D eigenvalue weighted by Gasteiger charge is 2.44. The van der Waals surface area contributed by atoms with Gasteiger partial charge in [0.15, 0.2) is 0 Å². The Kier molecular flexibility index (Phi) is 7.27. The molecule has 0 aliphatic carbocycles. The van der Waals surface area contributed by atoms with E-state index in [1.165, 1.54) is 23.0 Å². The maximum atomic E-state index is 14.8. The number of likely N-dealkylation sites (tertiary alicyclic amines) is 1. The fourth-order valence-corrected chi connectivity index (χ4v) is 5.94. The van der Waals surface area contributed by atoms with Gasteiger partial charge in [-0.05, 0) is 66.2 Å². The molecule has 200 valence electrons. The first-order valence-electron chi connectivity index (χ1n) is 12.0. The lowest BCUT2D eigenvalue weighted by molar-refractivity contribution is -0.138. The molecule has 0 radical (unpaired) electrons. The topological polar surface area (TPSA) is 58.4 Å². The van der Waals surface area contributed by atoms with Crippen LogP contribution in [0.4, 0.5) is 22.4 Å². The van der Waals surface area contributed by atoms with Gasteiger partial charge >= 0.3 is 6.18 Å². The van der Waals surface area contributed by atoms with Crippen molar-refractivity contribution in [2.75, 3.05) is 19.6 Å². The molecule has 2 amide bonds. The van der Waals surface area contributed by atoms with E-state index in [-0.39, 0.29) is 28.6 Å². The lowest BCUT2D eigenvalue weighted by atomic mass is 10.0. The van der Waals surface area contributed by atoms with Crippen LogP contribution >= 0.6 is 23.4 Å². The molecule has 6 nitrogen and oxygen atoms in total. The van der Waals surface area contributed by atoms with Crippen LogP contribution in [0.2, 0.25) is 5.02 Å². The maximum Gasteiger partial charge on any atom is 0.416 e. The van der Waals surface area contributed by atoms with Crippen molar-refractivity contribution in [1.82, 2.24) is 19.6 Å². The van der Waals surface area contributed by atoms with Crippen molar-refractivity contribution < 1.29 is 27.2 Å². The Labute approximate surface area is 225 Å². The van der Waals surface area contributed by atoms with Crippen LogP contribution in [0.25, 0.3) is 17.0 Å². The molecule has 0 unspecified atom stereocenters. The highest BCUT2D eigenvalue weighted by molar-refractivity contribution is 8.18. The molecule has 2 aromatic carbocycles. The molecule has 0 bridgehead atoms. The highest BCUT2D eigenvalue weighted by Crippen LogP contribution is 2.37. The van der Waals surface area contributed by atoms with Gasteiger partial charge in [0.1, 0.15) is 6.17 Å². The number of piperidine rings is 1. The summed E-state index contributed by atoms with van der Waals surface area (Å²) < 4.78 is 56.8. The summed E-state index contributed by atoms with van der Waals surface area (Å²) in [5.41, 5.74) is 0.418. The standard InChI is InChI=1S/C26H23ClF4N4O2S/c1-2-33-8-7-22(20(28)14-33)35-24(36)23(38-25(35)37)10-15-3-6-21-17(9-15)12-32-34(21)13-16-4-5-18(27)11-19(16)26(29,30)31/h3-6,9-12,20,22H,2,7-8,13-14H2,1H3/b23-10-/t20-,22+/m1/s1. The number of hydrogen-bond acceptors (Lipinski definition) is 5. The van der Waals surface area contributed by atoms with Gasteiger partial charge in [0.25, 0.3) is 11.1 Å². The van der Waals surface area contributed by atoms with Gasteiger partial charge in [0.05, 0.1) is 34.8 Å². The maximum absolute atomic E-state index is 14.8. The molecule has 5 rings (SSSR count). The largest absolute Gasteiger partial charge is 0.416 e. The minimum Gasteiger partial charge on any atom is -0.301 e. The van der Waals surface area contributed by atoms with Gasteiger partial charge in [0, 0.05) is 23.5 Å². The number of benzene rings is 2. The molecule has 2 aliphatic rings. The van der Waals surface area contributed by atoms with Crippen molar-refractivity contribution in [2.45, 2.75) is 38.3 Å². The first-order valence-corrected chi connectivity index (χ1v) is 13.2. The van der Waals surface area contributed by atoms with E-state index in [1.54, 1.807) is 24.3 Å². The Morgan fingerprint density at radius 2 is 1.97 bits per heavy atom. The number of thioether (sulfide) groups is 1. The van der Waals surface area contributed by atoms with Crippen molar-refractivity contribution in [3.05, 3.63) is 69.2 Å². The Balaban J connectivity index is 1.37. The predicted molar refractivity (Wildman–Crippen MR) is 139 cm³/mol. The molecular formula is C26H23ClF4N4O2S. The predicted octanol–water partition coefficient (Wildman–Crippen LogP) is 6.23. The van der Waals surface area contributed by atoms with E-state index in [1.807, 2.05) is 11.8 Å². The summed E-state index contributed by atoms with van der Waals surface area (Å²) in [6, 6.07) is 7.96. The SMILES string of the molecule is CCN1CC[C@H](N2C(=O)S/C(=C\c3ccc4c(cnn4Cc4ccc(Cl)cc4C(F)(F)F)c3)C2=O)[C@H](F)C1. The number of halogens is 5. The van der Waals surface area contributed by atoms with Gasteiger partial charge in [-0.15, -0.1) is 0 Å². The number of amides is 2. The van der Waals surface area contributed by atoms with Crippen LogP contribution in [0.5, 0.6) is 0 Å². The van der Waals surface area contributed by atoms with E-state index >= 15 is 0 Å². The van der Waals surface area contributed by atoms with Gasteiger partial charge in [-0.3, -0.25) is 19.2 Å². The number of carbonyl (C=O) groups is 2. The molecule has 0 spiro atoms. The number of nitrogens with zero attached hydrogens (tertiary/aromatic N) is 4. The van der Waals surface area contributed by atoms with Crippen LogP contribution in [0.15, 0.2) is 47.5 Å². The Hall–Kier alpha value is -2.89. The molecule has 38 heavy (non-hydrogen) atoms. The lowest BCUT2D eigenvalue weighted by Gasteiger charge is -2.37. The summed E-state index contributed by atoms with van der Waals surface area (Å²) in [5, 5.41) is 4.40. The molecule has 0 saturated carbocycles. The van der Waals surface area contributed by atoms with Gasteiger partial charge < -0.3 is 4.90 Å². The first-order chi connectivity index (χ1) is 18.0.